The molecular weight excluding hydrogens is 391 g/mol. The van der Waals surface area contributed by atoms with Gasteiger partial charge in [-0.1, -0.05) is 23.7 Å². The van der Waals surface area contributed by atoms with Crippen LogP contribution in [0, 0.1) is 5.82 Å². The van der Waals surface area contributed by atoms with Gasteiger partial charge in [0, 0.05) is 12.0 Å². The van der Waals surface area contributed by atoms with Gasteiger partial charge in [0.2, 0.25) is 5.91 Å². The van der Waals surface area contributed by atoms with Crippen molar-refractivity contribution in [2.45, 2.75) is 12.8 Å². The average molecular weight is 407 g/mol. The van der Waals surface area contributed by atoms with Gasteiger partial charge in [-0.15, -0.1) is 0 Å². The smallest absolute Gasteiger partial charge is 0.306 e. The lowest BCUT2D eigenvalue weighted by Crippen LogP contribution is -2.41. The van der Waals surface area contributed by atoms with Gasteiger partial charge >= 0.3 is 5.97 Å². The molecule has 0 saturated heterocycles. The molecule has 2 amide bonds. The Balaban J connectivity index is 1.68. The normalized spacial score (nSPS) is 10.1. The number of rotatable bonds is 7. The number of hydrazine groups is 1. The Hall–Kier alpha value is -3.26. The maximum Gasteiger partial charge on any atom is 0.306 e. The van der Waals surface area contributed by atoms with Gasteiger partial charge in [0.05, 0.1) is 17.0 Å². The molecule has 2 aromatic carbocycles. The summed E-state index contributed by atoms with van der Waals surface area (Å²) in [6.07, 6.45) is -0.545. The number of amides is 2. The number of ketones is 1. The van der Waals surface area contributed by atoms with E-state index in [-0.39, 0.29) is 29.0 Å². The Morgan fingerprint density at radius 2 is 1.61 bits per heavy atom. The van der Waals surface area contributed by atoms with Crippen LogP contribution in [0.5, 0.6) is 0 Å². The van der Waals surface area contributed by atoms with Gasteiger partial charge in [0.15, 0.2) is 12.4 Å². The molecule has 0 unspecified atom stereocenters. The van der Waals surface area contributed by atoms with Crippen LogP contribution in [0.4, 0.5) is 4.39 Å². The van der Waals surface area contributed by atoms with E-state index < -0.39 is 36.0 Å². The molecule has 0 spiro atoms. The summed E-state index contributed by atoms with van der Waals surface area (Å²) in [6, 6.07) is 11.1. The van der Waals surface area contributed by atoms with E-state index in [2.05, 4.69) is 10.9 Å². The lowest BCUT2D eigenvalue weighted by Gasteiger charge is -2.08. The number of Topliss-reactive ketones (excluding diaryl/α,β-unsaturated/α-hetero) is 1. The Kier molecular flexibility index (Phi) is 7.65. The largest absolute Gasteiger partial charge is 0.457 e. The highest BCUT2D eigenvalue weighted by atomic mass is 35.5. The number of esters is 1. The van der Waals surface area contributed by atoms with Gasteiger partial charge in [-0.25, -0.2) is 4.39 Å². The number of halogens is 2. The van der Waals surface area contributed by atoms with Crippen molar-refractivity contribution < 1.29 is 28.3 Å². The van der Waals surface area contributed by atoms with E-state index in [0.29, 0.717) is 0 Å². The summed E-state index contributed by atoms with van der Waals surface area (Å²) in [4.78, 5) is 47.0. The van der Waals surface area contributed by atoms with Crippen LogP contribution in [0.2, 0.25) is 5.02 Å². The van der Waals surface area contributed by atoms with E-state index in [0.717, 1.165) is 12.1 Å². The standard InChI is InChI=1S/C19H16ClFN2O5/c20-15-4-2-1-3-14(15)19(27)23-22-17(25)9-10-18(26)28-11-16(24)12-5-7-13(21)8-6-12/h1-8H,9-11H2,(H,22,25)(H,23,27). The summed E-state index contributed by atoms with van der Waals surface area (Å²) in [5.41, 5.74) is 4.72. The average Bonchev–Trinajstić information content (AvgIpc) is 2.69. The quantitative estimate of drug-likeness (QED) is 0.418. The lowest BCUT2D eigenvalue weighted by atomic mass is 10.1. The van der Waals surface area contributed by atoms with E-state index in [4.69, 9.17) is 16.3 Å². The first kappa shape index (κ1) is 21.0. The minimum atomic E-state index is -0.761. The molecule has 0 radical (unpaired) electrons. The number of hydrogen-bond donors (Lipinski definition) is 2. The molecule has 7 nitrogen and oxygen atoms in total. The van der Waals surface area contributed by atoms with Gasteiger partial charge in [0.25, 0.3) is 5.91 Å². The van der Waals surface area contributed by atoms with Crippen molar-refractivity contribution >= 4 is 35.2 Å². The zero-order valence-electron chi connectivity index (χ0n) is 14.5. The summed E-state index contributed by atoms with van der Waals surface area (Å²) in [7, 11) is 0. The van der Waals surface area contributed by atoms with Crippen LogP contribution in [-0.2, 0) is 14.3 Å². The van der Waals surface area contributed by atoms with Crippen LogP contribution in [0.1, 0.15) is 33.6 Å². The van der Waals surface area contributed by atoms with E-state index in [1.807, 2.05) is 0 Å². The maximum atomic E-state index is 12.8. The van der Waals surface area contributed by atoms with Gasteiger partial charge < -0.3 is 4.74 Å². The van der Waals surface area contributed by atoms with Crippen molar-refractivity contribution in [1.29, 1.82) is 0 Å². The molecule has 9 heteroatoms. The molecule has 28 heavy (non-hydrogen) atoms. The third-order valence-corrected chi connectivity index (χ3v) is 3.85. The first-order valence-electron chi connectivity index (χ1n) is 8.15. The Labute approximate surface area is 164 Å². The molecule has 0 aliphatic heterocycles. The number of ether oxygens (including phenoxy) is 1. The summed E-state index contributed by atoms with van der Waals surface area (Å²) >= 11 is 5.87. The fourth-order valence-corrected chi connectivity index (χ4v) is 2.28. The Morgan fingerprint density at radius 3 is 2.29 bits per heavy atom. The van der Waals surface area contributed by atoms with Crippen molar-refractivity contribution in [3.05, 3.63) is 70.5 Å². The van der Waals surface area contributed by atoms with Crippen LogP contribution >= 0.6 is 11.6 Å². The molecule has 2 N–H and O–H groups in total. The van der Waals surface area contributed by atoms with E-state index in [1.54, 1.807) is 12.1 Å². The zero-order valence-corrected chi connectivity index (χ0v) is 15.3. The third kappa shape index (κ3) is 6.48. The highest BCUT2D eigenvalue weighted by molar-refractivity contribution is 6.33. The third-order valence-electron chi connectivity index (χ3n) is 3.52. The zero-order chi connectivity index (χ0) is 20.5. The first-order chi connectivity index (χ1) is 13.4. The second-order valence-electron chi connectivity index (χ2n) is 5.57. The van der Waals surface area contributed by atoms with Crippen molar-refractivity contribution in [1.82, 2.24) is 10.9 Å². The van der Waals surface area contributed by atoms with E-state index >= 15 is 0 Å². The molecule has 2 rings (SSSR count). The lowest BCUT2D eigenvalue weighted by molar-refractivity contribution is -0.143. The molecule has 0 saturated carbocycles. The predicted octanol–water partition coefficient (Wildman–Crippen LogP) is 2.45. The van der Waals surface area contributed by atoms with Gasteiger partial charge in [0.1, 0.15) is 5.82 Å². The minimum absolute atomic E-state index is 0.184. The van der Waals surface area contributed by atoms with E-state index in [9.17, 15) is 23.6 Å². The molecule has 0 atom stereocenters. The number of carbonyl (C=O) groups is 4. The molecule has 0 aliphatic rings. The maximum absolute atomic E-state index is 12.8. The molecule has 0 aliphatic carbocycles. The molecule has 2 aromatic rings. The fourth-order valence-electron chi connectivity index (χ4n) is 2.05. The number of benzene rings is 2. The van der Waals surface area contributed by atoms with Crippen molar-refractivity contribution in [2.24, 2.45) is 0 Å². The first-order valence-corrected chi connectivity index (χ1v) is 8.52. The van der Waals surface area contributed by atoms with Gasteiger partial charge in [-0.3, -0.25) is 30.0 Å². The van der Waals surface area contributed by atoms with Crippen molar-refractivity contribution in [2.75, 3.05) is 6.61 Å². The summed E-state index contributed by atoms with van der Waals surface area (Å²) in [5, 5.41) is 0.226. The number of carbonyl (C=O) groups excluding carboxylic acids is 4. The van der Waals surface area contributed by atoms with Crippen molar-refractivity contribution in [3.63, 3.8) is 0 Å². The van der Waals surface area contributed by atoms with Crippen LogP contribution < -0.4 is 10.9 Å². The molecule has 0 fully saturated rings. The second kappa shape index (κ2) is 10.2. The number of hydrogen-bond acceptors (Lipinski definition) is 5. The van der Waals surface area contributed by atoms with Crippen LogP contribution in [-0.4, -0.2) is 30.2 Å². The molecule has 0 heterocycles. The predicted molar refractivity (Wildman–Crippen MR) is 98.0 cm³/mol. The van der Waals surface area contributed by atoms with Crippen LogP contribution in [0.3, 0.4) is 0 Å². The van der Waals surface area contributed by atoms with Crippen LogP contribution in [0.25, 0.3) is 0 Å². The molecule has 146 valence electrons. The molecule has 0 bridgehead atoms. The van der Waals surface area contributed by atoms with Crippen LogP contribution in [0.15, 0.2) is 48.5 Å². The van der Waals surface area contributed by atoms with Gasteiger partial charge in [-0.2, -0.15) is 0 Å². The SMILES string of the molecule is O=C(CCC(=O)OCC(=O)c1ccc(F)cc1)NNC(=O)c1ccccc1Cl. The number of nitrogens with one attached hydrogen (secondary N) is 2. The minimum Gasteiger partial charge on any atom is -0.457 e. The second-order valence-corrected chi connectivity index (χ2v) is 5.98. The highest BCUT2D eigenvalue weighted by Gasteiger charge is 2.14. The summed E-state index contributed by atoms with van der Waals surface area (Å²) in [5.74, 6) is -2.97. The van der Waals surface area contributed by atoms with E-state index in [1.165, 1.54) is 24.3 Å². The fraction of sp³-hybridized carbons (Fsp3) is 0.158. The highest BCUT2D eigenvalue weighted by Crippen LogP contribution is 2.14. The Morgan fingerprint density at radius 1 is 0.929 bits per heavy atom. The monoisotopic (exact) mass is 406 g/mol. The van der Waals surface area contributed by atoms with Crippen molar-refractivity contribution in [3.8, 4) is 0 Å². The molecule has 0 aromatic heterocycles. The van der Waals surface area contributed by atoms with Gasteiger partial charge in [-0.05, 0) is 36.4 Å². The summed E-state index contributed by atoms with van der Waals surface area (Å²) < 4.78 is 17.6. The Bertz CT molecular complexity index is 886. The topological polar surface area (TPSA) is 102 Å². The summed E-state index contributed by atoms with van der Waals surface area (Å²) in [6.45, 7) is -0.519. The molecular formula is C19H16ClFN2O5.